The minimum Gasteiger partial charge on any atom is -0.508 e. The van der Waals surface area contributed by atoms with E-state index in [4.69, 9.17) is 4.74 Å². The summed E-state index contributed by atoms with van der Waals surface area (Å²) in [4.78, 5) is 30.8. The fourth-order valence-corrected chi connectivity index (χ4v) is 3.85. The highest BCUT2D eigenvalue weighted by Gasteiger charge is 2.32. The molecule has 0 spiro atoms. The smallest absolute Gasteiger partial charge is 0.310 e. The highest BCUT2D eigenvalue weighted by molar-refractivity contribution is 8.18. The summed E-state index contributed by atoms with van der Waals surface area (Å²) in [6.07, 6.45) is 3.38. The number of rotatable bonds is 3. The van der Waals surface area contributed by atoms with Crippen LogP contribution in [0.25, 0.3) is 6.08 Å². The van der Waals surface area contributed by atoms with Crippen LogP contribution in [0.5, 0.6) is 5.75 Å². The topological polar surface area (TPSA) is 79.2 Å². The molecule has 1 amide bonds. The van der Waals surface area contributed by atoms with Crippen LogP contribution in [0.2, 0.25) is 0 Å². The van der Waals surface area contributed by atoms with Gasteiger partial charge in [-0.05, 0) is 55.3 Å². The molecule has 1 aromatic rings. The van der Waals surface area contributed by atoms with E-state index in [1.807, 2.05) is 11.0 Å². The number of amides is 1. The van der Waals surface area contributed by atoms with Crippen LogP contribution in [-0.4, -0.2) is 46.7 Å². The van der Waals surface area contributed by atoms with Crippen molar-refractivity contribution in [3.63, 3.8) is 0 Å². The lowest BCUT2D eigenvalue weighted by atomic mass is 9.99. The lowest BCUT2D eigenvalue weighted by Crippen LogP contribution is -2.41. The van der Waals surface area contributed by atoms with Gasteiger partial charge in [0.15, 0.2) is 5.17 Å². The predicted octanol–water partition coefficient (Wildman–Crippen LogP) is 2.64. The molecule has 2 heterocycles. The summed E-state index contributed by atoms with van der Waals surface area (Å²) in [5.74, 6) is -0.496. The van der Waals surface area contributed by atoms with Gasteiger partial charge in [-0.3, -0.25) is 9.59 Å². The number of hydrogen-bond acceptors (Lipinski definition) is 6. The zero-order chi connectivity index (χ0) is 17.8. The molecule has 1 atom stereocenters. The number of nitrogens with zero attached hydrogens (tertiary/aromatic N) is 2. The first-order chi connectivity index (χ1) is 12.1. The molecule has 2 aliphatic rings. The second-order valence-corrected chi connectivity index (χ2v) is 6.95. The normalized spacial score (nSPS) is 22.2. The summed E-state index contributed by atoms with van der Waals surface area (Å²) in [5.41, 5.74) is 0.746. The number of thioether (sulfide) groups is 1. The number of piperidine rings is 1. The molecule has 1 N–H and O–H groups in total. The van der Waals surface area contributed by atoms with Crippen molar-refractivity contribution in [3.8, 4) is 5.75 Å². The Bertz CT molecular complexity index is 744. The molecule has 1 unspecified atom stereocenters. The van der Waals surface area contributed by atoms with Crippen molar-refractivity contribution in [2.75, 3.05) is 19.7 Å². The van der Waals surface area contributed by atoms with Crippen LogP contribution in [-0.2, 0) is 14.3 Å². The SMILES string of the molecule is CCOC(=O)C1CCCN(C2=NC(=O)C(=Cc3cccc(O)c3)S2)C1. The second kappa shape index (κ2) is 7.74. The van der Waals surface area contributed by atoms with E-state index in [9.17, 15) is 14.7 Å². The van der Waals surface area contributed by atoms with Gasteiger partial charge in [-0.25, -0.2) is 0 Å². The van der Waals surface area contributed by atoms with Gasteiger partial charge in [0.1, 0.15) is 5.75 Å². The van der Waals surface area contributed by atoms with E-state index in [1.54, 1.807) is 31.2 Å². The van der Waals surface area contributed by atoms with E-state index in [1.165, 1.54) is 11.8 Å². The Morgan fingerprint density at radius 2 is 2.36 bits per heavy atom. The van der Waals surface area contributed by atoms with E-state index in [0.29, 0.717) is 23.2 Å². The first kappa shape index (κ1) is 17.5. The number of benzene rings is 1. The molecule has 3 rings (SSSR count). The third kappa shape index (κ3) is 4.22. The fourth-order valence-electron chi connectivity index (χ4n) is 2.90. The number of carbonyl (C=O) groups excluding carboxylic acids is 2. The lowest BCUT2D eigenvalue weighted by molar-refractivity contribution is -0.149. The first-order valence-electron chi connectivity index (χ1n) is 8.30. The van der Waals surface area contributed by atoms with Gasteiger partial charge in [0, 0.05) is 13.1 Å². The number of phenols is 1. The minimum absolute atomic E-state index is 0.152. The molecule has 0 aliphatic carbocycles. The van der Waals surface area contributed by atoms with Crippen LogP contribution < -0.4 is 0 Å². The molecular formula is C18H20N2O4S. The Balaban J connectivity index is 1.69. The number of hydrogen-bond donors (Lipinski definition) is 1. The van der Waals surface area contributed by atoms with Crippen LogP contribution in [0, 0.1) is 5.92 Å². The molecule has 25 heavy (non-hydrogen) atoms. The quantitative estimate of drug-likeness (QED) is 0.659. The molecule has 0 bridgehead atoms. The Morgan fingerprint density at radius 1 is 1.52 bits per heavy atom. The average Bonchev–Trinajstić information content (AvgIpc) is 2.96. The molecule has 7 heteroatoms. The Labute approximate surface area is 150 Å². The highest BCUT2D eigenvalue weighted by atomic mass is 32.2. The Morgan fingerprint density at radius 3 is 3.12 bits per heavy atom. The predicted molar refractivity (Wildman–Crippen MR) is 97.0 cm³/mol. The van der Waals surface area contributed by atoms with Gasteiger partial charge in [-0.1, -0.05) is 12.1 Å². The van der Waals surface area contributed by atoms with E-state index in [0.717, 1.165) is 24.9 Å². The first-order valence-corrected chi connectivity index (χ1v) is 9.11. The fraction of sp³-hybridized carbons (Fsp3) is 0.389. The maximum atomic E-state index is 12.2. The average molecular weight is 360 g/mol. The zero-order valence-electron chi connectivity index (χ0n) is 14.0. The number of aromatic hydroxyl groups is 1. The van der Waals surface area contributed by atoms with E-state index >= 15 is 0 Å². The molecule has 132 valence electrons. The van der Waals surface area contributed by atoms with Crippen LogP contribution in [0.4, 0.5) is 0 Å². The molecular weight excluding hydrogens is 340 g/mol. The third-order valence-electron chi connectivity index (χ3n) is 4.09. The van der Waals surface area contributed by atoms with Gasteiger partial charge in [-0.2, -0.15) is 4.99 Å². The van der Waals surface area contributed by atoms with Crippen LogP contribution in [0.1, 0.15) is 25.3 Å². The maximum Gasteiger partial charge on any atom is 0.310 e. The Hall–Kier alpha value is -2.28. The van der Waals surface area contributed by atoms with Crippen LogP contribution >= 0.6 is 11.8 Å². The maximum absolute atomic E-state index is 12.2. The Kier molecular flexibility index (Phi) is 5.43. The van der Waals surface area contributed by atoms with E-state index < -0.39 is 0 Å². The summed E-state index contributed by atoms with van der Waals surface area (Å²) in [7, 11) is 0. The van der Waals surface area contributed by atoms with E-state index in [-0.39, 0.29) is 23.5 Å². The number of esters is 1. The zero-order valence-corrected chi connectivity index (χ0v) is 14.8. The van der Waals surface area contributed by atoms with Crippen LogP contribution in [0.15, 0.2) is 34.2 Å². The molecule has 0 radical (unpaired) electrons. The lowest BCUT2D eigenvalue weighted by Gasteiger charge is -2.32. The van der Waals surface area contributed by atoms with Crippen molar-refractivity contribution in [1.82, 2.24) is 4.90 Å². The summed E-state index contributed by atoms with van der Waals surface area (Å²) in [6, 6.07) is 6.71. The van der Waals surface area contributed by atoms with Crippen molar-refractivity contribution < 1.29 is 19.4 Å². The molecule has 0 aromatic heterocycles. The summed E-state index contributed by atoms with van der Waals surface area (Å²) in [5, 5.41) is 10.2. The molecule has 1 saturated heterocycles. The van der Waals surface area contributed by atoms with Gasteiger partial charge in [0.25, 0.3) is 5.91 Å². The molecule has 1 fully saturated rings. The molecule has 2 aliphatic heterocycles. The van der Waals surface area contributed by atoms with Crippen molar-refractivity contribution in [1.29, 1.82) is 0 Å². The highest BCUT2D eigenvalue weighted by Crippen LogP contribution is 2.32. The largest absolute Gasteiger partial charge is 0.508 e. The standard InChI is InChI=1S/C18H20N2O4S/c1-2-24-17(23)13-6-4-8-20(11-13)18-19-16(22)15(25-18)10-12-5-3-7-14(21)9-12/h3,5,7,9-10,13,21H,2,4,6,8,11H2,1H3. The monoisotopic (exact) mass is 360 g/mol. The number of carbonyl (C=O) groups is 2. The number of ether oxygens (including phenoxy) is 1. The second-order valence-electron chi connectivity index (χ2n) is 5.94. The van der Waals surface area contributed by atoms with Crippen LogP contribution in [0.3, 0.4) is 0 Å². The summed E-state index contributed by atoms with van der Waals surface area (Å²) >= 11 is 1.31. The number of amidine groups is 1. The number of likely N-dealkylation sites (tertiary alicyclic amines) is 1. The van der Waals surface area contributed by atoms with Gasteiger partial charge in [0.05, 0.1) is 17.4 Å². The third-order valence-corrected chi connectivity index (χ3v) is 5.13. The van der Waals surface area contributed by atoms with E-state index in [2.05, 4.69) is 4.99 Å². The van der Waals surface area contributed by atoms with Crippen molar-refractivity contribution in [3.05, 3.63) is 34.7 Å². The number of phenolic OH excluding ortho intramolecular Hbond substituents is 1. The van der Waals surface area contributed by atoms with Crippen molar-refractivity contribution in [2.45, 2.75) is 19.8 Å². The summed E-state index contributed by atoms with van der Waals surface area (Å²) in [6.45, 7) is 3.47. The molecule has 6 nitrogen and oxygen atoms in total. The van der Waals surface area contributed by atoms with Gasteiger partial charge in [0.2, 0.25) is 0 Å². The molecule has 1 aromatic carbocycles. The van der Waals surface area contributed by atoms with Gasteiger partial charge >= 0.3 is 5.97 Å². The number of aliphatic imine (C=N–C) groups is 1. The van der Waals surface area contributed by atoms with Crippen molar-refractivity contribution in [2.24, 2.45) is 10.9 Å². The molecule has 0 saturated carbocycles. The van der Waals surface area contributed by atoms with Gasteiger partial charge < -0.3 is 14.7 Å². The minimum atomic E-state index is -0.290. The summed E-state index contributed by atoms with van der Waals surface area (Å²) < 4.78 is 5.11. The van der Waals surface area contributed by atoms with Crippen molar-refractivity contribution >= 4 is 34.9 Å². The van der Waals surface area contributed by atoms with Gasteiger partial charge in [-0.15, -0.1) is 0 Å².